The lowest BCUT2D eigenvalue weighted by atomic mass is 10.1. The topological polar surface area (TPSA) is 114 Å². The van der Waals surface area contributed by atoms with Crippen LogP contribution in [-0.2, 0) is 20.7 Å². The van der Waals surface area contributed by atoms with Crippen LogP contribution in [0, 0.1) is 0 Å². The summed E-state index contributed by atoms with van der Waals surface area (Å²) in [4.78, 5) is 24.6. The summed E-state index contributed by atoms with van der Waals surface area (Å²) in [6, 6.07) is 9.60. The molecule has 2 atom stereocenters. The lowest BCUT2D eigenvalue weighted by Gasteiger charge is -2.21. The summed E-state index contributed by atoms with van der Waals surface area (Å²) in [6.07, 6.45) is -2.26. The van der Waals surface area contributed by atoms with Gasteiger partial charge in [-0.3, -0.25) is 4.79 Å². The molecule has 0 saturated carbocycles. The van der Waals surface area contributed by atoms with Crippen molar-refractivity contribution < 1.29 is 34.0 Å². The second-order valence-electron chi connectivity index (χ2n) is 7.66. The predicted octanol–water partition coefficient (Wildman–Crippen LogP) is 4.58. The highest BCUT2D eigenvalue weighted by Crippen LogP contribution is 2.30. The molecule has 2 aromatic carbocycles. The number of rotatable bonds is 13. The van der Waals surface area contributed by atoms with Gasteiger partial charge in [-0.1, -0.05) is 29.3 Å². The number of halogens is 2. The molecule has 2 unspecified atom stereocenters. The number of carboxylic acids is 1. The molecular weight excluding hydrogens is 485 g/mol. The van der Waals surface area contributed by atoms with Crippen molar-refractivity contribution in [3.05, 3.63) is 52.0 Å². The fraction of sp³-hybridized carbons (Fsp3) is 0.417. The van der Waals surface area contributed by atoms with Crippen LogP contribution in [0.3, 0.4) is 0 Å². The zero-order chi connectivity index (χ0) is 25.3. The van der Waals surface area contributed by atoms with Gasteiger partial charge >= 0.3 is 5.97 Å². The number of carboxylic acid groups (broad SMARTS) is 1. The van der Waals surface area contributed by atoms with E-state index >= 15 is 0 Å². The van der Waals surface area contributed by atoms with Crippen LogP contribution in [0.5, 0.6) is 11.5 Å². The number of carbonyl (C=O) groups excluding carboxylic acids is 1. The SMILES string of the molecule is CCOc1ccc(CC(OC(C)C)C(=O)O)cc1NC(=O)C(CCO)Oc1ccc(Cl)cc1Cl. The van der Waals surface area contributed by atoms with Crippen LogP contribution >= 0.6 is 23.2 Å². The Morgan fingerprint density at radius 3 is 2.35 bits per heavy atom. The molecule has 0 aromatic heterocycles. The second-order valence-corrected chi connectivity index (χ2v) is 8.51. The lowest BCUT2D eigenvalue weighted by Crippen LogP contribution is -2.34. The summed E-state index contributed by atoms with van der Waals surface area (Å²) in [6.45, 7) is 5.38. The van der Waals surface area contributed by atoms with Crippen molar-refractivity contribution >= 4 is 40.8 Å². The molecule has 3 N–H and O–H groups in total. The number of aliphatic hydroxyl groups excluding tert-OH is 1. The van der Waals surface area contributed by atoms with E-state index in [1.54, 1.807) is 45.0 Å². The molecule has 0 fully saturated rings. The highest BCUT2D eigenvalue weighted by atomic mass is 35.5. The number of hydrogen-bond acceptors (Lipinski definition) is 6. The van der Waals surface area contributed by atoms with Gasteiger partial charge in [0.2, 0.25) is 0 Å². The van der Waals surface area contributed by atoms with Gasteiger partial charge in [0.15, 0.2) is 12.2 Å². The third-order valence-electron chi connectivity index (χ3n) is 4.58. The number of nitrogens with one attached hydrogen (secondary N) is 1. The maximum atomic E-state index is 13.0. The number of aliphatic hydroxyl groups is 1. The Hall–Kier alpha value is -2.52. The quantitative estimate of drug-likeness (QED) is 0.359. The number of ether oxygens (including phenoxy) is 3. The summed E-state index contributed by atoms with van der Waals surface area (Å²) >= 11 is 12.1. The number of amides is 1. The Bertz CT molecular complexity index is 984. The molecule has 0 aliphatic rings. The molecule has 0 saturated heterocycles. The van der Waals surface area contributed by atoms with E-state index in [9.17, 15) is 19.8 Å². The van der Waals surface area contributed by atoms with E-state index in [0.29, 0.717) is 28.6 Å². The fourth-order valence-corrected chi connectivity index (χ4v) is 3.57. The third kappa shape index (κ3) is 8.36. The number of carbonyl (C=O) groups is 2. The lowest BCUT2D eigenvalue weighted by molar-refractivity contribution is -0.153. The largest absolute Gasteiger partial charge is 0.492 e. The van der Waals surface area contributed by atoms with Crippen LogP contribution in [0.15, 0.2) is 36.4 Å². The van der Waals surface area contributed by atoms with Crippen LogP contribution in [-0.4, -0.2) is 53.6 Å². The predicted molar refractivity (Wildman–Crippen MR) is 130 cm³/mol. The monoisotopic (exact) mass is 513 g/mol. The highest BCUT2D eigenvalue weighted by Gasteiger charge is 2.24. The molecule has 0 heterocycles. The van der Waals surface area contributed by atoms with E-state index < -0.39 is 24.1 Å². The number of aliphatic carboxylic acids is 1. The van der Waals surface area contributed by atoms with Crippen molar-refractivity contribution in [2.75, 3.05) is 18.5 Å². The van der Waals surface area contributed by atoms with Gasteiger partial charge in [0, 0.05) is 24.5 Å². The standard InChI is InChI=1S/C24H29Cl2NO7/c1-4-32-20-7-5-15(12-22(24(30)31)33-14(2)3)11-18(20)27-23(29)21(9-10-28)34-19-8-6-16(25)13-17(19)26/h5-8,11,13-14,21-22,28H,4,9-10,12H2,1-3H3,(H,27,29)(H,30,31). The number of hydrogen-bond donors (Lipinski definition) is 3. The molecule has 10 heteroatoms. The summed E-state index contributed by atoms with van der Waals surface area (Å²) in [5.74, 6) is -0.965. The molecule has 2 aromatic rings. The molecule has 186 valence electrons. The minimum absolute atomic E-state index is 0.0117. The molecule has 0 bridgehead atoms. The van der Waals surface area contributed by atoms with Crippen LogP contribution in [0.4, 0.5) is 5.69 Å². The van der Waals surface area contributed by atoms with Gasteiger partial charge in [-0.15, -0.1) is 0 Å². The summed E-state index contributed by atoms with van der Waals surface area (Å²) < 4.78 is 16.8. The first-order valence-electron chi connectivity index (χ1n) is 10.8. The highest BCUT2D eigenvalue weighted by molar-refractivity contribution is 6.35. The van der Waals surface area contributed by atoms with E-state index in [1.165, 1.54) is 12.1 Å². The molecule has 2 rings (SSSR count). The smallest absolute Gasteiger partial charge is 0.333 e. The van der Waals surface area contributed by atoms with Gasteiger partial charge < -0.3 is 29.7 Å². The van der Waals surface area contributed by atoms with E-state index in [2.05, 4.69) is 5.32 Å². The van der Waals surface area contributed by atoms with Crippen molar-refractivity contribution in [1.82, 2.24) is 0 Å². The van der Waals surface area contributed by atoms with E-state index in [0.717, 1.165) is 0 Å². The normalized spacial score (nSPS) is 12.8. The van der Waals surface area contributed by atoms with E-state index in [-0.39, 0.29) is 36.3 Å². The van der Waals surface area contributed by atoms with E-state index in [4.69, 9.17) is 37.4 Å². The van der Waals surface area contributed by atoms with Gasteiger partial charge in [0.25, 0.3) is 5.91 Å². The van der Waals surface area contributed by atoms with Crippen molar-refractivity contribution in [3.63, 3.8) is 0 Å². The zero-order valence-corrected chi connectivity index (χ0v) is 20.7. The fourth-order valence-electron chi connectivity index (χ4n) is 3.12. The zero-order valence-electron chi connectivity index (χ0n) is 19.2. The molecule has 0 radical (unpaired) electrons. The average molecular weight is 514 g/mol. The first kappa shape index (κ1) is 27.7. The van der Waals surface area contributed by atoms with Crippen LogP contribution in [0.2, 0.25) is 10.0 Å². The van der Waals surface area contributed by atoms with Gasteiger partial charge in [-0.25, -0.2) is 4.79 Å². The Morgan fingerprint density at radius 2 is 1.76 bits per heavy atom. The maximum Gasteiger partial charge on any atom is 0.333 e. The summed E-state index contributed by atoms with van der Waals surface area (Å²) in [5, 5.41) is 22.3. The number of anilines is 1. The molecule has 0 aliphatic carbocycles. The van der Waals surface area contributed by atoms with Crippen molar-refractivity contribution in [1.29, 1.82) is 0 Å². The van der Waals surface area contributed by atoms with Crippen LogP contribution in [0.25, 0.3) is 0 Å². The van der Waals surface area contributed by atoms with Crippen molar-refractivity contribution in [3.8, 4) is 11.5 Å². The third-order valence-corrected chi connectivity index (χ3v) is 5.11. The Morgan fingerprint density at radius 1 is 1.06 bits per heavy atom. The Labute approximate surface area is 208 Å². The molecule has 8 nitrogen and oxygen atoms in total. The first-order valence-corrected chi connectivity index (χ1v) is 11.6. The Balaban J connectivity index is 2.27. The molecular formula is C24H29Cl2NO7. The van der Waals surface area contributed by atoms with Crippen molar-refractivity contribution in [2.24, 2.45) is 0 Å². The number of benzene rings is 2. The first-order chi connectivity index (χ1) is 16.1. The molecule has 0 spiro atoms. The minimum atomic E-state index is -1.08. The van der Waals surface area contributed by atoms with Gasteiger partial charge in [0.05, 0.1) is 23.4 Å². The maximum absolute atomic E-state index is 13.0. The van der Waals surface area contributed by atoms with Gasteiger partial charge in [-0.2, -0.15) is 0 Å². The van der Waals surface area contributed by atoms with Crippen LogP contribution < -0.4 is 14.8 Å². The van der Waals surface area contributed by atoms with Crippen molar-refractivity contribution in [2.45, 2.75) is 51.9 Å². The molecule has 0 aliphatic heterocycles. The summed E-state index contributed by atoms with van der Waals surface area (Å²) in [7, 11) is 0. The summed E-state index contributed by atoms with van der Waals surface area (Å²) in [5.41, 5.74) is 0.971. The van der Waals surface area contributed by atoms with Gasteiger partial charge in [-0.05, 0) is 56.7 Å². The van der Waals surface area contributed by atoms with E-state index in [1.807, 2.05) is 0 Å². The average Bonchev–Trinajstić information content (AvgIpc) is 2.76. The Kier molecular flexibility index (Phi) is 10.9. The minimum Gasteiger partial charge on any atom is -0.492 e. The second kappa shape index (κ2) is 13.4. The van der Waals surface area contributed by atoms with Crippen LogP contribution in [0.1, 0.15) is 32.8 Å². The molecule has 1 amide bonds. The van der Waals surface area contributed by atoms with Gasteiger partial charge in [0.1, 0.15) is 11.5 Å². The molecule has 34 heavy (non-hydrogen) atoms.